The van der Waals surface area contributed by atoms with Crippen LogP contribution in [0.3, 0.4) is 0 Å². The smallest absolute Gasteiger partial charge is 0.0672 e. The van der Waals surface area contributed by atoms with E-state index in [2.05, 4.69) is 13.0 Å². The van der Waals surface area contributed by atoms with E-state index in [-0.39, 0.29) is 12.0 Å². The van der Waals surface area contributed by atoms with Gasteiger partial charge in [0.15, 0.2) is 0 Å². The van der Waals surface area contributed by atoms with Crippen LogP contribution >= 0.6 is 0 Å². The third kappa shape index (κ3) is 1.48. The average Bonchev–Trinajstić information content (AvgIpc) is 1.94. The standard InChI is InChI=1S/C8H14N2/c1-6-2-3-8(10)7(4-6)5-9/h6-8H,2-4,10H2,1H3. The summed E-state index contributed by atoms with van der Waals surface area (Å²) in [6.45, 7) is 2.19. The third-order valence-corrected chi connectivity index (χ3v) is 2.33. The van der Waals surface area contributed by atoms with Gasteiger partial charge < -0.3 is 5.73 Å². The van der Waals surface area contributed by atoms with Crippen molar-refractivity contribution in [3.8, 4) is 6.07 Å². The fraction of sp³-hybridized carbons (Fsp3) is 0.875. The molecular weight excluding hydrogens is 124 g/mol. The first kappa shape index (κ1) is 7.56. The molecule has 3 unspecified atom stereocenters. The zero-order chi connectivity index (χ0) is 7.56. The molecule has 0 aromatic carbocycles. The first-order chi connectivity index (χ1) is 4.74. The monoisotopic (exact) mass is 138 g/mol. The van der Waals surface area contributed by atoms with Crippen LogP contribution in [0.5, 0.6) is 0 Å². The molecule has 0 aliphatic heterocycles. The molecule has 0 radical (unpaired) electrons. The van der Waals surface area contributed by atoms with E-state index in [0.717, 1.165) is 12.8 Å². The normalized spacial score (nSPS) is 40.7. The molecule has 0 bridgehead atoms. The fourth-order valence-electron chi connectivity index (χ4n) is 1.55. The number of nitrogens with zero attached hydrogens (tertiary/aromatic N) is 1. The van der Waals surface area contributed by atoms with Gasteiger partial charge in [-0.1, -0.05) is 6.92 Å². The molecule has 0 aromatic rings. The number of rotatable bonds is 0. The maximum Gasteiger partial charge on any atom is 0.0672 e. The van der Waals surface area contributed by atoms with Crippen LogP contribution in [0, 0.1) is 23.2 Å². The highest BCUT2D eigenvalue weighted by Crippen LogP contribution is 2.26. The van der Waals surface area contributed by atoms with Crippen molar-refractivity contribution < 1.29 is 0 Å². The summed E-state index contributed by atoms with van der Waals surface area (Å²) >= 11 is 0. The second kappa shape index (κ2) is 3.03. The van der Waals surface area contributed by atoms with E-state index in [0.29, 0.717) is 5.92 Å². The van der Waals surface area contributed by atoms with Gasteiger partial charge >= 0.3 is 0 Å². The molecule has 0 spiro atoms. The Labute approximate surface area is 62.0 Å². The van der Waals surface area contributed by atoms with Crippen LogP contribution in [0.15, 0.2) is 0 Å². The van der Waals surface area contributed by atoms with Crippen LogP contribution in [0.4, 0.5) is 0 Å². The second-order valence-corrected chi connectivity index (χ2v) is 3.32. The van der Waals surface area contributed by atoms with Gasteiger partial charge in [-0.05, 0) is 25.2 Å². The summed E-state index contributed by atoms with van der Waals surface area (Å²) in [4.78, 5) is 0. The number of nitriles is 1. The minimum absolute atomic E-state index is 0.115. The van der Waals surface area contributed by atoms with Crippen molar-refractivity contribution in [2.45, 2.75) is 32.2 Å². The van der Waals surface area contributed by atoms with Crippen molar-refractivity contribution in [3.63, 3.8) is 0 Å². The van der Waals surface area contributed by atoms with Crippen LogP contribution in [0.25, 0.3) is 0 Å². The van der Waals surface area contributed by atoms with Gasteiger partial charge in [0.25, 0.3) is 0 Å². The van der Waals surface area contributed by atoms with Crippen molar-refractivity contribution in [2.75, 3.05) is 0 Å². The number of hydrogen-bond donors (Lipinski definition) is 1. The highest BCUT2D eigenvalue weighted by molar-refractivity contribution is 4.94. The average molecular weight is 138 g/mol. The molecule has 3 atom stereocenters. The molecule has 1 saturated carbocycles. The fourth-order valence-corrected chi connectivity index (χ4v) is 1.55. The summed E-state index contributed by atoms with van der Waals surface area (Å²) in [5.74, 6) is 0.813. The van der Waals surface area contributed by atoms with Crippen molar-refractivity contribution in [2.24, 2.45) is 17.6 Å². The lowest BCUT2D eigenvalue weighted by Gasteiger charge is -2.27. The van der Waals surface area contributed by atoms with Crippen LogP contribution < -0.4 is 5.73 Å². The topological polar surface area (TPSA) is 49.8 Å². The molecule has 2 nitrogen and oxygen atoms in total. The Morgan fingerprint density at radius 2 is 2.20 bits per heavy atom. The Hall–Kier alpha value is -0.550. The summed E-state index contributed by atoms with van der Waals surface area (Å²) in [6, 6.07) is 2.40. The number of nitrogens with two attached hydrogens (primary N) is 1. The molecule has 2 N–H and O–H groups in total. The van der Waals surface area contributed by atoms with Crippen LogP contribution in [-0.4, -0.2) is 6.04 Å². The minimum Gasteiger partial charge on any atom is -0.327 e. The molecule has 56 valence electrons. The molecule has 0 aromatic heterocycles. The van der Waals surface area contributed by atoms with Gasteiger partial charge in [0, 0.05) is 6.04 Å². The van der Waals surface area contributed by atoms with Crippen molar-refractivity contribution in [3.05, 3.63) is 0 Å². The summed E-state index contributed by atoms with van der Waals surface area (Å²) in [7, 11) is 0. The second-order valence-electron chi connectivity index (χ2n) is 3.32. The Balaban J connectivity index is 2.47. The highest BCUT2D eigenvalue weighted by Gasteiger charge is 2.25. The lowest BCUT2D eigenvalue weighted by atomic mass is 9.80. The first-order valence-corrected chi connectivity index (χ1v) is 3.89. The van der Waals surface area contributed by atoms with Crippen molar-refractivity contribution in [1.29, 1.82) is 5.26 Å². The highest BCUT2D eigenvalue weighted by atomic mass is 14.7. The largest absolute Gasteiger partial charge is 0.327 e. The van der Waals surface area contributed by atoms with Gasteiger partial charge in [0.2, 0.25) is 0 Å². The zero-order valence-corrected chi connectivity index (χ0v) is 6.38. The Bertz CT molecular complexity index is 148. The minimum atomic E-state index is 0.115. The lowest BCUT2D eigenvalue weighted by Crippen LogP contribution is -2.34. The molecule has 1 aliphatic rings. The molecule has 0 amide bonds. The Morgan fingerprint density at radius 1 is 1.50 bits per heavy atom. The SMILES string of the molecule is CC1CCC(N)C(C#N)C1. The molecular formula is C8H14N2. The third-order valence-electron chi connectivity index (χ3n) is 2.33. The van der Waals surface area contributed by atoms with E-state index in [9.17, 15) is 0 Å². The molecule has 1 fully saturated rings. The summed E-state index contributed by atoms with van der Waals surface area (Å²) in [6.07, 6.45) is 3.22. The summed E-state index contributed by atoms with van der Waals surface area (Å²) in [5.41, 5.74) is 5.73. The maximum atomic E-state index is 8.65. The van der Waals surface area contributed by atoms with Crippen molar-refractivity contribution >= 4 is 0 Å². The molecule has 1 aliphatic carbocycles. The van der Waals surface area contributed by atoms with E-state index < -0.39 is 0 Å². The Kier molecular flexibility index (Phi) is 2.29. The van der Waals surface area contributed by atoms with E-state index in [1.54, 1.807) is 0 Å². The van der Waals surface area contributed by atoms with Gasteiger partial charge in [0.1, 0.15) is 0 Å². The molecule has 1 rings (SSSR count). The predicted molar refractivity (Wildman–Crippen MR) is 40.1 cm³/mol. The summed E-state index contributed by atoms with van der Waals surface area (Å²) in [5, 5.41) is 8.65. The molecule has 0 saturated heterocycles. The van der Waals surface area contributed by atoms with E-state index in [1.807, 2.05) is 0 Å². The van der Waals surface area contributed by atoms with Gasteiger partial charge in [-0.25, -0.2) is 0 Å². The van der Waals surface area contributed by atoms with Crippen molar-refractivity contribution in [1.82, 2.24) is 0 Å². The molecule has 0 heterocycles. The predicted octanol–water partition coefficient (Wildman–Crippen LogP) is 1.27. The van der Waals surface area contributed by atoms with Crippen LogP contribution in [0.2, 0.25) is 0 Å². The van der Waals surface area contributed by atoms with E-state index in [1.165, 1.54) is 6.42 Å². The molecule has 10 heavy (non-hydrogen) atoms. The first-order valence-electron chi connectivity index (χ1n) is 3.89. The Morgan fingerprint density at radius 3 is 2.70 bits per heavy atom. The molecule has 2 heteroatoms. The van der Waals surface area contributed by atoms with E-state index in [4.69, 9.17) is 11.0 Å². The van der Waals surface area contributed by atoms with E-state index >= 15 is 0 Å². The van der Waals surface area contributed by atoms with Gasteiger partial charge in [-0.3, -0.25) is 0 Å². The van der Waals surface area contributed by atoms with Crippen LogP contribution in [0.1, 0.15) is 26.2 Å². The number of hydrogen-bond acceptors (Lipinski definition) is 2. The quantitative estimate of drug-likeness (QED) is 0.548. The van der Waals surface area contributed by atoms with Gasteiger partial charge in [-0.2, -0.15) is 5.26 Å². The zero-order valence-electron chi connectivity index (χ0n) is 6.38. The van der Waals surface area contributed by atoms with Crippen LogP contribution in [-0.2, 0) is 0 Å². The van der Waals surface area contributed by atoms with Gasteiger partial charge in [0.05, 0.1) is 12.0 Å². The maximum absolute atomic E-state index is 8.65. The van der Waals surface area contributed by atoms with Gasteiger partial charge in [-0.15, -0.1) is 0 Å². The summed E-state index contributed by atoms with van der Waals surface area (Å²) < 4.78 is 0. The lowest BCUT2D eigenvalue weighted by molar-refractivity contribution is 0.292.